The van der Waals surface area contributed by atoms with Gasteiger partial charge in [-0.2, -0.15) is 5.26 Å². The molecule has 1 N–H and O–H groups in total. The first-order valence-corrected chi connectivity index (χ1v) is 8.00. The van der Waals surface area contributed by atoms with Gasteiger partial charge in [0.2, 0.25) is 11.7 Å². The van der Waals surface area contributed by atoms with Crippen LogP contribution < -0.4 is 5.56 Å². The van der Waals surface area contributed by atoms with Gasteiger partial charge in [0.05, 0.1) is 17.7 Å². The molecule has 0 bridgehead atoms. The molecule has 2 aromatic heterocycles. The Morgan fingerprint density at radius 2 is 2.04 bits per heavy atom. The van der Waals surface area contributed by atoms with Crippen LogP contribution in [0.2, 0.25) is 0 Å². The minimum Gasteiger partial charge on any atom is -0.494 e. The average molecular weight is 363 g/mol. The molecule has 0 radical (unpaired) electrons. The Morgan fingerprint density at radius 3 is 2.67 bits per heavy atom. The molecule has 6 nitrogen and oxygen atoms in total. The number of ketones is 1. The van der Waals surface area contributed by atoms with E-state index < -0.39 is 23.0 Å². The lowest BCUT2D eigenvalue weighted by molar-refractivity contribution is 0.103. The molecule has 0 atom stereocenters. The van der Waals surface area contributed by atoms with E-state index >= 15 is 0 Å². The summed E-state index contributed by atoms with van der Waals surface area (Å²) in [5.74, 6) is -2.18. The molecule has 0 spiro atoms. The van der Waals surface area contributed by atoms with Gasteiger partial charge in [-0.1, -0.05) is 18.2 Å². The van der Waals surface area contributed by atoms with Crippen LogP contribution in [0.5, 0.6) is 5.88 Å². The first-order valence-electron chi connectivity index (χ1n) is 8.00. The normalized spacial score (nSPS) is 10.4. The first kappa shape index (κ1) is 18.0. The molecule has 27 heavy (non-hydrogen) atoms. The summed E-state index contributed by atoms with van der Waals surface area (Å²) in [7, 11) is 0. The van der Waals surface area contributed by atoms with Gasteiger partial charge in [-0.25, -0.2) is 4.39 Å². The van der Waals surface area contributed by atoms with Crippen molar-refractivity contribution in [2.45, 2.75) is 13.5 Å². The van der Waals surface area contributed by atoms with E-state index in [1.54, 1.807) is 24.4 Å². The summed E-state index contributed by atoms with van der Waals surface area (Å²) in [5, 5.41) is 20.0. The van der Waals surface area contributed by atoms with Crippen LogP contribution in [0.3, 0.4) is 0 Å². The number of nitrogens with zero attached hydrogens (tertiary/aromatic N) is 3. The largest absolute Gasteiger partial charge is 0.494 e. The molecule has 0 amide bonds. The molecule has 0 fully saturated rings. The molecule has 0 aliphatic carbocycles. The molecule has 3 rings (SSSR count). The minimum atomic E-state index is -0.806. The lowest BCUT2D eigenvalue weighted by Gasteiger charge is -2.15. The summed E-state index contributed by atoms with van der Waals surface area (Å²) in [4.78, 5) is 29.4. The van der Waals surface area contributed by atoms with E-state index in [4.69, 9.17) is 0 Å². The number of pyridine rings is 2. The predicted octanol–water partition coefficient (Wildman–Crippen LogP) is 2.55. The van der Waals surface area contributed by atoms with Crippen molar-refractivity contribution >= 4 is 5.78 Å². The molecule has 0 saturated carbocycles. The van der Waals surface area contributed by atoms with E-state index in [2.05, 4.69) is 4.98 Å². The zero-order valence-corrected chi connectivity index (χ0v) is 14.3. The van der Waals surface area contributed by atoms with Gasteiger partial charge in [0, 0.05) is 12.4 Å². The van der Waals surface area contributed by atoms with Crippen LogP contribution in [0, 0.1) is 24.1 Å². The number of carbonyl (C=O) groups is 1. The van der Waals surface area contributed by atoms with Crippen molar-refractivity contribution in [3.63, 3.8) is 0 Å². The van der Waals surface area contributed by atoms with E-state index in [1.807, 2.05) is 0 Å². The molecule has 0 aliphatic heterocycles. The second-order valence-electron chi connectivity index (χ2n) is 5.87. The van der Waals surface area contributed by atoms with Gasteiger partial charge in [0.1, 0.15) is 17.4 Å². The second kappa shape index (κ2) is 7.22. The van der Waals surface area contributed by atoms with E-state index in [-0.39, 0.29) is 28.8 Å². The Morgan fingerprint density at radius 1 is 1.30 bits per heavy atom. The van der Waals surface area contributed by atoms with Crippen molar-refractivity contribution in [2.75, 3.05) is 0 Å². The standard InChI is InChI=1S/C20H14FN3O3/c1-12-15(9-22)19(26)24(11-13-5-4-8-23-10-13)20(27)17(12)18(25)14-6-2-3-7-16(14)21/h2-8,10,27H,11H2,1H3. The molecule has 3 aromatic rings. The lowest BCUT2D eigenvalue weighted by Crippen LogP contribution is -2.27. The van der Waals surface area contributed by atoms with Crippen LogP contribution >= 0.6 is 0 Å². The van der Waals surface area contributed by atoms with Crippen molar-refractivity contribution < 1.29 is 14.3 Å². The third-order valence-electron chi connectivity index (χ3n) is 4.21. The highest BCUT2D eigenvalue weighted by Gasteiger charge is 2.26. The van der Waals surface area contributed by atoms with E-state index in [9.17, 15) is 24.3 Å². The highest BCUT2D eigenvalue weighted by molar-refractivity contribution is 6.11. The van der Waals surface area contributed by atoms with E-state index in [1.165, 1.54) is 31.3 Å². The van der Waals surface area contributed by atoms with Gasteiger partial charge in [0.25, 0.3) is 5.56 Å². The van der Waals surface area contributed by atoms with Gasteiger partial charge in [-0.3, -0.25) is 19.1 Å². The minimum absolute atomic E-state index is 0.00990. The van der Waals surface area contributed by atoms with Crippen LogP contribution in [-0.4, -0.2) is 20.4 Å². The SMILES string of the molecule is Cc1c(C(=O)c2ccccc2F)c(O)n(Cc2cccnc2)c(=O)c1C#N. The fourth-order valence-electron chi connectivity index (χ4n) is 2.82. The van der Waals surface area contributed by atoms with E-state index in [0.717, 1.165) is 10.6 Å². The zero-order valence-electron chi connectivity index (χ0n) is 14.3. The maximum atomic E-state index is 14.1. The van der Waals surface area contributed by atoms with Crippen molar-refractivity contribution in [2.24, 2.45) is 0 Å². The average Bonchev–Trinajstić information content (AvgIpc) is 2.66. The topological polar surface area (TPSA) is 96.0 Å². The highest BCUT2D eigenvalue weighted by Crippen LogP contribution is 2.26. The Balaban J connectivity index is 2.24. The number of hydrogen-bond donors (Lipinski definition) is 1. The Kier molecular flexibility index (Phi) is 4.81. The number of rotatable bonds is 4. The quantitative estimate of drug-likeness (QED) is 0.719. The highest BCUT2D eigenvalue weighted by atomic mass is 19.1. The molecule has 2 heterocycles. The molecule has 7 heteroatoms. The molecule has 0 saturated heterocycles. The van der Waals surface area contributed by atoms with E-state index in [0.29, 0.717) is 5.56 Å². The molecular weight excluding hydrogens is 349 g/mol. The number of benzene rings is 1. The zero-order chi connectivity index (χ0) is 19.6. The number of carbonyl (C=O) groups excluding carboxylic acids is 1. The van der Waals surface area contributed by atoms with Crippen LogP contribution in [0.4, 0.5) is 4.39 Å². The van der Waals surface area contributed by atoms with Crippen molar-refractivity contribution in [1.29, 1.82) is 5.26 Å². The van der Waals surface area contributed by atoms with Crippen molar-refractivity contribution in [3.8, 4) is 11.9 Å². The summed E-state index contributed by atoms with van der Waals surface area (Å²) in [6.45, 7) is 1.28. The summed E-state index contributed by atoms with van der Waals surface area (Å²) in [6.07, 6.45) is 3.05. The molecule has 0 aliphatic rings. The summed E-state index contributed by atoms with van der Waals surface area (Å²) >= 11 is 0. The Hall–Kier alpha value is -3.79. The maximum absolute atomic E-state index is 14.1. The van der Waals surface area contributed by atoms with Gasteiger partial charge >= 0.3 is 0 Å². The summed E-state index contributed by atoms with van der Waals surface area (Å²) < 4.78 is 15.0. The number of aromatic nitrogens is 2. The predicted molar refractivity (Wildman–Crippen MR) is 95.0 cm³/mol. The van der Waals surface area contributed by atoms with Crippen LogP contribution in [0.15, 0.2) is 53.6 Å². The maximum Gasteiger partial charge on any atom is 0.271 e. The molecule has 0 unspecified atom stereocenters. The smallest absolute Gasteiger partial charge is 0.271 e. The number of halogens is 1. The van der Waals surface area contributed by atoms with Crippen LogP contribution in [-0.2, 0) is 6.54 Å². The number of hydrogen-bond acceptors (Lipinski definition) is 5. The third kappa shape index (κ3) is 3.20. The molecule has 134 valence electrons. The Labute approximate surface area is 153 Å². The third-order valence-corrected chi connectivity index (χ3v) is 4.21. The number of nitriles is 1. The van der Waals surface area contributed by atoms with Gasteiger partial charge in [-0.05, 0) is 36.2 Å². The van der Waals surface area contributed by atoms with Crippen molar-refractivity contribution in [3.05, 3.63) is 92.8 Å². The summed E-state index contributed by atoms with van der Waals surface area (Å²) in [5.41, 5.74) is -0.952. The fourth-order valence-corrected chi connectivity index (χ4v) is 2.82. The van der Waals surface area contributed by atoms with Gasteiger partial charge < -0.3 is 5.11 Å². The molecular formula is C20H14FN3O3. The molecule has 1 aromatic carbocycles. The number of aromatic hydroxyl groups is 1. The van der Waals surface area contributed by atoms with Gasteiger partial charge in [0.15, 0.2) is 0 Å². The van der Waals surface area contributed by atoms with Gasteiger partial charge in [-0.15, -0.1) is 0 Å². The summed E-state index contributed by atoms with van der Waals surface area (Å²) in [6, 6.07) is 10.4. The lowest BCUT2D eigenvalue weighted by atomic mass is 9.97. The monoisotopic (exact) mass is 363 g/mol. The van der Waals surface area contributed by atoms with Crippen LogP contribution in [0.1, 0.15) is 32.6 Å². The fraction of sp³-hybridized carbons (Fsp3) is 0.100. The first-order chi connectivity index (χ1) is 13.0. The Bertz CT molecular complexity index is 1130. The van der Waals surface area contributed by atoms with Crippen molar-refractivity contribution in [1.82, 2.24) is 9.55 Å². The second-order valence-corrected chi connectivity index (χ2v) is 5.87. The van der Waals surface area contributed by atoms with Crippen LogP contribution in [0.25, 0.3) is 0 Å².